The van der Waals surface area contributed by atoms with Crippen molar-refractivity contribution in [1.29, 1.82) is 0 Å². The molecule has 0 atom stereocenters. The number of hydrogen-bond acceptors (Lipinski definition) is 4. The Balaban J connectivity index is 1.83. The molecular formula is C13H24N4O2S. The second kappa shape index (κ2) is 7.19. The van der Waals surface area contributed by atoms with Gasteiger partial charge in [0.05, 0.1) is 12.7 Å². The minimum Gasteiger partial charge on any atom is -0.318 e. The van der Waals surface area contributed by atoms with Crippen LogP contribution in [0.2, 0.25) is 0 Å². The smallest absolute Gasteiger partial charge is 0.243 e. The van der Waals surface area contributed by atoms with Gasteiger partial charge in [0.2, 0.25) is 10.0 Å². The zero-order chi connectivity index (χ0) is 14.4. The van der Waals surface area contributed by atoms with E-state index in [2.05, 4.69) is 15.1 Å². The maximum absolute atomic E-state index is 12.1. The first kappa shape index (κ1) is 15.5. The lowest BCUT2D eigenvalue weighted by atomic mass is 10.1. The zero-order valence-corrected chi connectivity index (χ0v) is 12.8. The van der Waals surface area contributed by atoms with Crippen molar-refractivity contribution >= 4 is 10.0 Å². The molecule has 1 aliphatic carbocycles. The van der Waals surface area contributed by atoms with Gasteiger partial charge in [-0.1, -0.05) is 25.7 Å². The van der Waals surface area contributed by atoms with E-state index < -0.39 is 10.0 Å². The number of hydrogen-bond donors (Lipinski definition) is 2. The molecule has 2 N–H and O–H groups in total. The summed E-state index contributed by atoms with van der Waals surface area (Å²) in [5, 5.41) is 7.07. The predicted molar refractivity (Wildman–Crippen MR) is 77.9 cm³/mol. The van der Waals surface area contributed by atoms with E-state index in [4.69, 9.17) is 0 Å². The third-order valence-corrected chi connectivity index (χ3v) is 5.25. The Labute approximate surface area is 121 Å². The highest BCUT2D eigenvalue weighted by Crippen LogP contribution is 2.27. The van der Waals surface area contributed by atoms with Gasteiger partial charge < -0.3 is 5.32 Å². The van der Waals surface area contributed by atoms with E-state index in [0.717, 1.165) is 13.0 Å². The highest BCUT2D eigenvalue weighted by Gasteiger charge is 2.18. The lowest BCUT2D eigenvalue weighted by molar-refractivity contribution is 0.495. The summed E-state index contributed by atoms with van der Waals surface area (Å²) in [6.07, 6.45) is 8.98. The van der Waals surface area contributed by atoms with Gasteiger partial charge in [0.25, 0.3) is 0 Å². The van der Waals surface area contributed by atoms with Gasteiger partial charge in [0.1, 0.15) is 4.90 Å². The van der Waals surface area contributed by atoms with Crippen LogP contribution >= 0.6 is 0 Å². The van der Waals surface area contributed by atoms with E-state index in [9.17, 15) is 8.42 Å². The summed E-state index contributed by atoms with van der Waals surface area (Å²) < 4.78 is 28.5. The molecule has 0 bridgehead atoms. The average molecular weight is 300 g/mol. The molecule has 0 unspecified atom stereocenters. The van der Waals surface area contributed by atoms with E-state index in [1.165, 1.54) is 31.9 Å². The monoisotopic (exact) mass is 300 g/mol. The molecule has 0 radical (unpaired) electrons. The van der Waals surface area contributed by atoms with E-state index >= 15 is 0 Å². The predicted octanol–water partition coefficient (Wildman–Crippen LogP) is 0.961. The highest BCUT2D eigenvalue weighted by atomic mass is 32.2. The Kier molecular flexibility index (Phi) is 5.56. The quantitative estimate of drug-likeness (QED) is 0.750. The molecule has 1 saturated carbocycles. The van der Waals surface area contributed by atoms with Gasteiger partial charge >= 0.3 is 0 Å². The molecule has 0 aliphatic heterocycles. The van der Waals surface area contributed by atoms with Crippen LogP contribution in [0.25, 0.3) is 0 Å². The van der Waals surface area contributed by atoms with Gasteiger partial charge in [0, 0.05) is 19.3 Å². The fourth-order valence-corrected chi connectivity index (χ4v) is 3.61. The molecule has 0 aromatic carbocycles. The maximum Gasteiger partial charge on any atom is 0.243 e. The average Bonchev–Trinajstić information content (AvgIpc) is 3.07. The lowest BCUT2D eigenvalue weighted by Crippen LogP contribution is -2.25. The van der Waals surface area contributed by atoms with Crippen molar-refractivity contribution in [2.45, 2.75) is 43.5 Å². The van der Waals surface area contributed by atoms with Gasteiger partial charge in [-0.15, -0.1) is 0 Å². The lowest BCUT2D eigenvalue weighted by Gasteiger charge is -2.09. The van der Waals surface area contributed by atoms with Crippen LogP contribution in [0.3, 0.4) is 0 Å². The summed E-state index contributed by atoms with van der Waals surface area (Å²) in [4.78, 5) is 0.250. The molecule has 114 valence electrons. The van der Waals surface area contributed by atoms with Crippen LogP contribution in [-0.2, 0) is 16.6 Å². The second-order valence-corrected chi connectivity index (χ2v) is 7.15. The Bertz CT molecular complexity index is 506. The van der Waals surface area contributed by atoms with Crippen molar-refractivity contribution in [3.8, 4) is 0 Å². The Morgan fingerprint density at radius 2 is 2.10 bits per heavy atom. The third-order valence-electron chi connectivity index (χ3n) is 3.83. The van der Waals surface area contributed by atoms with Gasteiger partial charge in [-0.3, -0.25) is 4.68 Å². The first-order valence-electron chi connectivity index (χ1n) is 7.28. The van der Waals surface area contributed by atoms with Crippen molar-refractivity contribution < 1.29 is 8.42 Å². The molecular weight excluding hydrogens is 276 g/mol. The molecule has 1 aromatic rings. The van der Waals surface area contributed by atoms with Crippen LogP contribution in [0.1, 0.15) is 32.1 Å². The van der Waals surface area contributed by atoms with Crippen molar-refractivity contribution in [2.24, 2.45) is 5.92 Å². The van der Waals surface area contributed by atoms with E-state index in [0.29, 0.717) is 19.0 Å². The second-order valence-electron chi connectivity index (χ2n) is 5.38. The highest BCUT2D eigenvalue weighted by molar-refractivity contribution is 7.89. The maximum atomic E-state index is 12.1. The summed E-state index contributed by atoms with van der Waals surface area (Å²) in [5.74, 6) is 0.691. The van der Waals surface area contributed by atoms with Gasteiger partial charge in [-0.25, -0.2) is 13.1 Å². The zero-order valence-electron chi connectivity index (χ0n) is 12.0. The van der Waals surface area contributed by atoms with E-state index in [1.807, 2.05) is 7.05 Å². The van der Waals surface area contributed by atoms with Crippen LogP contribution in [0.15, 0.2) is 17.3 Å². The number of sulfonamides is 1. The molecule has 1 heterocycles. The fourth-order valence-electron chi connectivity index (χ4n) is 2.61. The van der Waals surface area contributed by atoms with Crippen molar-refractivity contribution in [3.63, 3.8) is 0 Å². The molecule has 1 fully saturated rings. The summed E-state index contributed by atoms with van der Waals surface area (Å²) in [6, 6.07) is 0. The first-order valence-corrected chi connectivity index (χ1v) is 8.77. The first-order chi connectivity index (χ1) is 9.62. The Morgan fingerprint density at radius 3 is 2.80 bits per heavy atom. The number of aromatic nitrogens is 2. The Morgan fingerprint density at radius 1 is 1.35 bits per heavy atom. The number of nitrogens with zero attached hydrogens (tertiary/aromatic N) is 2. The summed E-state index contributed by atoms with van der Waals surface area (Å²) >= 11 is 0. The molecule has 1 aliphatic rings. The fraction of sp³-hybridized carbons (Fsp3) is 0.769. The molecule has 20 heavy (non-hydrogen) atoms. The summed E-state index contributed by atoms with van der Waals surface area (Å²) in [6.45, 7) is 1.94. The van der Waals surface area contributed by atoms with Gasteiger partial charge in [-0.2, -0.15) is 5.10 Å². The van der Waals surface area contributed by atoms with E-state index in [1.54, 1.807) is 10.9 Å². The third kappa shape index (κ3) is 4.29. The van der Waals surface area contributed by atoms with Crippen molar-refractivity contribution in [1.82, 2.24) is 19.8 Å². The molecule has 6 nitrogen and oxygen atoms in total. The molecule has 0 saturated heterocycles. The molecule has 0 spiro atoms. The molecule has 0 amide bonds. The molecule has 2 rings (SSSR count). The van der Waals surface area contributed by atoms with Gasteiger partial charge in [0.15, 0.2) is 0 Å². The van der Waals surface area contributed by atoms with Crippen LogP contribution in [0, 0.1) is 5.92 Å². The van der Waals surface area contributed by atoms with E-state index in [-0.39, 0.29) is 4.90 Å². The van der Waals surface area contributed by atoms with Crippen molar-refractivity contribution in [3.05, 3.63) is 12.4 Å². The van der Waals surface area contributed by atoms with Crippen LogP contribution in [0.4, 0.5) is 0 Å². The standard InChI is InChI=1S/C13H24N4O2S/c1-14-8-9-17-11-13(10-15-17)20(18,19)16-7-6-12-4-2-3-5-12/h10-12,14,16H,2-9H2,1H3. The van der Waals surface area contributed by atoms with Crippen LogP contribution in [-0.4, -0.2) is 38.3 Å². The largest absolute Gasteiger partial charge is 0.318 e. The van der Waals surface area contributed by atoms with Crippen LogP contribution in [0.5, 0.6) is 0 Å². The normalized spacial score (nSPS) is 16.9. The van der Waals surface area contributed by atoms with Crippen molar-refractivity contribution in [2.75, 3.05) is 20.1 Å². The van der Waals surface area contributed by atoms with Gasteiger partial charge in [-0.05, 0) is 19.4 Å². The Hall–Kier alpha value is -0.920. The minimum absolute atomic E-state index is 0.250. The number of nitrogens with one attached hydrogen (secondary N) is 2. The number of rotatable bonds is 8. The summed E-state index contributed by atoms with van der Waals surface area (Å²) in [5.41, 5.74) is 0. The summed E-state index contributed by atoms with van der Waals surface area (Å²) in [7, 11) is -1.56. The van der Waals surface area contributed by atoms with Crippen LogP contribution < -0.4 is 10.0 Å². The number of likely N-dealkylation sites (N-methyl/N-ethyl adjacent to an activating group) is 1. The topological polar surface area (TPSA) is 76.0 Å². The minimum atomic E-state index is -3.41. The molecule has 7 heteroatoms. The SMILES string of the molecule is CNCCn1cc(S(=O)(=O)NCCC2CCCC2)cn1. The molecule has 1 aromatic heterocycles.